The average Bonchev–Trinajstić information content (AvgIpc) is 2.38. The smallest absolute Gasteiger partial charge is 0.0963 e. The van der Waals surface area contributed by atoms with Crippen molar-refractivity contribution in [2.24, 2.45) is 0 Å². The van der Waals surface area contributed by atoms with Crippen LogP contribution in [0.25, 0.3) is 0 Å². The maximum atomic E-state index is 8.91. The Morgan fingerprint density at radius 2 is 2.00 bits per heavy atom. The number of nitrogens with zero attached hydrogens (tertiary/aromatic N) is 1. The third-order valence-electron chi connectivity index (χ3n) is 2.31. The standard InChI is InChI=1S/C13H12ClNOS/c14-12-4-2-1-3-11(12)9-17-13-6-5-10(8-16)7-15-13/h1-7,16H,8-9H2. The zero-order valence-corrected chi connectivity index (χ0v) is 10.7. The molecule has 4 heteroatoms. The van der Waals surface area contributed by atoms with Gasteiger partial charge in [0.2, 0.25) is 0 Å². The van der Waals surface area contributed by atoms with E-state index in [-0.39, 0.29) is 6.61 Å². The fourth-order valence-electron chi connectivity index (χ4n) is 1.36. The number of halogens is 1. The van der Waals surface area contributed by atoms with Gasteiger partial charge in [0.15, 0.2) is 0 Å². The quantitative estimate of drug-likeness (QED) is 0.859. The largest absolute Gasteiger partial charge is 0.392 e. The molecule has 2 aromatic rings. The minimum absolute atomic E-state index is 0.0302. The minimum Gasteiger partial charge on any atom is -0.392 e. The molecule has 0 aliphatic rings. The summed E-state index contributed by atoms with van der Waals surface area (Å²) >= 11 is 7.70. The summed E-state index contributed by atoms with van der Waals surface area (Å²) in [4.78, 5) is 4.25. The van der Waals surface area contributed by atoms with Crippen LogP contribution in [-0.2, 0) is 12.4 Å². The molecule has 0 fully saturated rings. The first-order chi connectivity index (χ1) is 8.29. The SMILES string of the molecule is OCc1ccc(SCc2ccccc2Cl)nc1. The number of aliphatic hydroxyl groups excluding tert-OH is 1. The van der Waals surface area contributed by atoms with Gasteiger partial charge in [-0.25, -0.2) is 4.98 Å². The van der Waals surface area contributed by atoms with Crippen LogP contribution in [0.4, 0.5) is 0 Å². The zero-order chi connectivity index (χ0) is 12.1. The lowest BCUT2D eigenvalue weighted by Crippen LogP contribution is -1.87. The molecule has 1 N–H and O–H groups in total. The van der Waals surface area contributed by atoms with Crippen molar-refractivity contribution >= 4 is 23.4 Å². The molecular formula is C13H12ClNOS. The molecule has 1 aromatic carbocycles. The second-order valence-corrected chi connectivity index (χ2v) is 4.95. The van der Waals surface area contributed by atoms with E-state index in [4.69, 9.17) is 16.7 Å². The zero-order valence-electron chi connectivity index (χ0n) is 9.14. The number of hydrogen-bond donors (Lipinski definition) is 1. The number of aliphatic hydroxyl groups is 1. The van der Waals surface area contributed by atoms with Crippen molar-refractivity contribution in [3.63, 3.8) is 0 Å². The number of thioether (sulfide) groups is 1. The summed E-state index contributed by atoms with van der Waals surface area (Å²) in [5.74, 6) is 0.797. The maximum Gasteiger partial charge on any atom is 0.0963 e. The van der Waals surface area contributed by atoms with Crippen LogP contribution in [0.3, 0.4) is 0 Å². The summed E-state index contributed by atoms with van der Waals surface area (Å²) in [5, 5.41) is 10.6. The summed E-state index contributed by atoms with van der Waals surface area (Å²) < 4.78 is 0. The predicted octanol–water partition coefficient (Wildman–Crippen LogP) is 3.52. The van der Waals surface area contributed by atoms with Gasteiger partial charge in [-0.05, 0) is 23.3 Å². The first-order valence-electron chi connectivity index (χ1n) is 5.21. The van der Waals surface area contributed by atoms with Crippen molar-refractivity contribution in [2.45, 2.75) is 17.4 Å². The molecule has 0 saturated carbocycles. The summed E-state index contributed by atoms with van der Waals surface area (Å²) in [5.41, 5.74) is 1.93. The van der Waals surface area contributed by atoms with Gasteiger partial charge in [0.1, 0.15) is 0 Å². The molecule has 0 saturated heterocycles. The Balaban J connectivity index is 2.00. The van der Waals surface area contributed by atoms with Crippen molar-refractivity contribution in [3.8, 4) is 0 Å². The predicted molar refractivity (Wildman–Crippen MR) is 71.2 cm³/mol. The van der Waals surface area contributed by atoms with E-state index in [1.807, 2.05) is 36.4 Å². The number of rotatable bonds is 4. The van der Waals surface area contributed by atoms with E-state index < -0.39 is 0 Å². The highest BCUT2D eigenvalue weighted by atomic mass is 35.5. The van der Waals surface area contributed by atoms with Crippen LogP contribution in [0.2, 0.25) is 5.02 Å². The van der Waals surface area contributed by atoms with E-state index in [9.17, 15) is 0 Å². The van der Waals surface area contributed by atoms with Crippen LogP contribution >= 0.6 is 23.4 Å². The fourth-order valence-corrected chi connectivity index (χ4v) is 2.49. The Hall–Kier alpha value is -1.03. The molecule has 0 amide bonds. The summed E-state index contributed by atoms with van der Waals surface area (Å²) in [6.07, 6.45) is 1.69. The van der Waals surface area contributed by atoms with E-state index in [2.05, 4.69) is 4.98 Å². The van der Waals surface area contributed by atoms with Crippen molar-refractivity contribution in [1.82, 2.24) is 4.98 Å². The van der Waals surface area contributed by atoms with Gasteiger partial charge in [0.25, 0.3) is 0 Å². The number of aromatic nitrogens is 1. The lowest BCUT2D eigenvalue weighted by atomic mass is 10.2. The van der Waals surface area contributed by atoms with Crippen LogP contribution in [0.15, 0.2) is 47.6 Å². The second-order valence-electron chi connectivity index (χ2n) is 3.54. The van der Waals surface area contributed by atoms with Gasteiger partial charge in [-0.1, -0.05) is 35.9 Å². The molecule has 0 unspecified atom stereocenters. The number of benzene rings is 1. The molecule has 2 rings (SSSR count). The van der Waals surface area contributed by atoms with Gasteiger partial charge in [0, 0.05) is 17.0 Å². The Morgan fingerprint density at radius 3 is 2.65 bits per heavy atom. The molecule has 0 bridgehead atoms. The molecule has 0 spiro atoms. The number of pyridine rings is 1. The molecule has 0 radical (unpaired) electrons. The van der Waals surface area contributed by atoms with E-state index in [0.717, 1.165) is 26.9 Å². The molecule has 1 aromatic heterocycles. The van der Waals surface area contributed by atoms with E-state index in [1.165, 1.54) is 0 Å². The molecular weight excluding hydrogens is 254 g/mol. The normalized spacial score (nSPS) is 10.5. The first kappa shape index (κ1) is 12.4. The highest BCUT2D eigenvalue weighted by Gasteiger charge is 2.01. The number of hydrogen-bond acceptors (Lipinski definition) is 3. The van der Waals surface area contributed by atoms with Gasteiger partial charge >= 0.3 is 0 Å². The average molecular weight is 266 g/mol. The topological polar surface area (TPSA) is 33.1 Å². The minimum atomic E-state index is 0.0302. The fraction of sp³-hybridized carbons (Fsp3) is 0.154. The molecule has 88 valence electrons. The summed E-state index contributed by atoms with van der Waals surface area (Å²) in [6, 6.07) is 11.6. The van der Waals surface area contributed by atoms with Crippen molar-refractivity contribution < 1.29 is 5.11 Å². The van der Waals surface area contributed by atoms with Crippen molar-refractivity contribution in [2.75, 3.05) is 0 Å². The molecule has 17 heavy (non-hydrogen) atoms. The Bertz CT molecular complexity index is 487. The Labute approximate surface area is 110 Å². The van der Waals surface area contributed by atoms with Crippen LogP contribution in [-0.4, -0.2) is 10.1 Å². The van der Waals surface area contributed by atoms with Gasteiger partial charge < -0.3 is 5.11 Å². The first-order valence-corrected chi connectivity index (χ1v) is 6.58. The third-order valence-corrected chi connectivity index (χ3v) is 3.67. The summed E-state index contributed by atoms with van der Waals surface area (Å²) in [6.45, 7) is 0.0302. The molecule has 0 atom stereocenters. The van der Waals surface area contributed by atoms with Crippen LogP contribution < -0.4 is 0 Å². The van der Waals surface area contributed by atoms with Gasteiger partial charge in [-0.2, -0.15) is 0 Å². The Kier molecular flexibility index (Phi) is 4.42. The Morgan fingerprint density at radius 1 is 1.18 bits per heavy atom. The monoisotopic (exact) mass is 265 g/mol. The molecule has 2 nitrogen and oxygen atoms in total. The summed E-state index contributed by atoms with van der Waals surface area (Å²) in [7, 11) is 0. The molecule has 0 aliphatic carbocycles. The van der Waals surface area contributed by atoms with Gasteiger partial charge in [-0.15, -0.1) is 11.8 Å². The molecule has 1 heterocycles. The van der Waals surface area contributed by atoms with E-state index in [1.54, 1.807) is 18.0 Å². The van der Waals surface area contributed by atoms with E-state index >= 15 is 0 Å². The van der Waals surface area contributed by atoms with Crippen LogP contribution in [0.1, 0.15) is 11.1 Å². The lowest BCUT2D eigenvalue weighted by molar-refractivity contribution is 0.281. The highest BCUT2D eigenvalue weighted by Crippen LogP contribution is 2.25. The second kappa shape index (κ2) is 6.05. The maximum absolute atomic E-state index is 8.91. The van der Waals surface area contributed by atoms with Crippen molar-refractivity contribution in [1.29, 1.82) is 0 Å². The van der Waals surface area contributed by atoms with E-state index in [0.29, 0.717) is 0 Å². The lowest BCUT2D eigenvalue weighted by Gasteiger charge is -2.04. The van der Waals surface area contributed by atoms with Crippen molar-refractivity contribution in [3.05, 3.63) is 58.7 Å². The van der Waals surface area contributed by atoms with Crippen LogP contribution in [0.5, 0.6) is 0 Å². The third kappa shape index (κ3) is 3.46. The van der Waals surface area contributed by atoms with Crippen LogP contribution in [0, 0.1) is 0 Å². The van der Waals surface area contributed by atoms with Gasteiger partial charge in [0.05, 0.1) is 11.6 Å². The van der Waals surface area contributed by atoms with Gasteiger partial charge in [-0.3, -0.25) is 0 Å². The highest BCUT2D eigenvalue weighted by molar-refractivity contribution is 7.98. The molecule has 0 aliphatic heterocycles.